The molecular formula is C16H21N3O2. The molecule has 0 aliphatic heterocycles. The summed E-state index contributed by atoms with van der Waals surface area (Å²) >= 11 is 0. The van der Waals surface area contributed by atoms with Crippen LogP contribution >= 0.6 is 0 Å². The van der Waals surface area contributed by atoms with Crippen molar-refractivity contribution in [2.45, 2.75) is 26.4 Å². The highest BCUT2D eigenvalue weighted by Gasteiger charge is 2.10. The summed E-state index contributed by atoms with van der Waals surface area (Å²) in [5, 5.41) is 3.34. The zero-order valence-electron chi connectivity index (χ0n) is 12.9. The van der Waals surface area contributed by atoms with Gasteiger partial charge in [0, 0.05) is 38.4 Å². The summed E-state index contributed by atoms with van der Waals surface area (Å²) in [6.07, 6.45) is 1.60. The molecule has 0 amide bonds. The van der Waals surface area contributed by atoms with Crippen LogP contribution < -0.4 is 16.6 Å². The third-order valence-electron chi connectivity index (χ3n) is 3.77. The first-order chi connectivity index (χ1) is 9.91. The zero-order valence-corrected chi connectivity index (χ0v) is 12.9. The summed E-state index contributed by atoms with van der Waals surface area (Å²) in [5.74, 6) is 0. The average Bonchev–Trinajstić information content (AvgIpc) is 2.47. The summed E-state index contributed by atoms with van der Waals surface area (Å²) in [4.78, 5) is 23.7. The van der Waals surface area contributed by atoms with Gasteiger partial charge in [-0.1, -0.05) is 24.3 Å². The second-order valence-corrected chi connectivity index (χ2v) is 5.37. The van der Waals surface area contributed by atoms with Crippen molar-refractivity contribution < 1.29 is 0 Å². The van der Waals surface area contributed by atoms with Crippen LogP contribution in [0, 0.1) is 6.92 Å². The minimum absolute atomic E-state index is 0.133. The Labute approximate surface area is 123 Å². The fourth-order valence-electron chi connectivity index (χ4n) is 2.45. The van der Waals surface area contributed by atoms with E-state index in [1.807, 2.05) is 12.1 Å². The van der Waals surface area contributed by atoms with Gasteiger partial charge in [0.1, 0.15) is 0 Å². The number of aryl methyl sites for hydroxylation is 2. The summed E-state index contributed by atoms with van der Waals surface area (Å²) in [6, 6.07) is 8.29. The number of nitrogens with zero attached hydrogens (tertiary/aromatic N) is 2. The van der Waals surface area contributed by atoms with Crippen LogP contribution in [0.3, 0.4) is 0 Å². The van der Waals surface area contributed by atoms with Crippen LogP contribution in [0.4, 0.5) is 0 Å². The lowest BCUT2D eigenvalue weighted by Crippen LogP contribution is -2.39. The Morgan fingerprint density at radius 2 is 1.86 bits per heavy atom. The molecule has 0 unspecified atom stereocenters. The van der Waals surface area contributed by atoms with E-state index in [1.165, 1.54) is 22.7 Å². The van der Waals surface area contributed by atoms with E-state index in [2.05, 4.69) is 31.3 Å². The highest BCUT2D eigenvalue weighted by Crippen LogP contribution is 2.16. The van der Waals surface area contributed by atoms with Crippen LogP contribution in [0.25, 0.3) is 0 Å². The molecule has 2 rings (SSSR count). The number of nitrogens with one attached hydrogen (secondary N) is 1. The van der Waals surface area contributed by atoms with Crippen molar-refractivity contribution in [1.82, 2.24) is 14.5 Å². The maximum atomic E-state index is 12.1. The Bertz CT molecular complexity index is 759. The molecule has 1 heterocycles. The lowest BCUT2D eigenvalue weighted by molar-refractivity contribution is 0.557. The molecule has 0 aliphatic carbocycles. The molecule has 1 atom stereocenters. The molecule has 1 N–H and O–H groups in total. The molecule has 0 radical (unpaired) electrons. The molecule has 112 valence electrons. The molecule has 0 spiro atoms. The summed E-state index contributed by atoms with van der Waals surface area (Å²) in [6.45, 7) is 4.56. The van der Waals surface area contributed by atoms with E-state index in [1.54, 1.807) is 13.2 Å². The van der Waals surface area contributed by atoms with Gasteiger partial charge < -0.3 is 9.88 Å². The number of hydrogen-bond donors (Lipinski definition) is 1. The smallest absolute Gasteiger partial charge is 0.306 e. The maximum Gasteiger partial charge on any atom is 0.330 e. The van der Waals surface area contributed by atoms with Gasteiger partial charge in [0.2, 0.25) is 0 Å². The highest BCUT2D eigenvalue weighted by atomic mass is 16.2. The molecule has 21 heavy (non-hydrogen) atoms. The minimum atomic E-state index is -0.310. The second kappa shape index (κ2) is 6.10. The number of benzene rings is 1. The van der Waals surface area contributed by atoms with E-state index in [4.69, 9.17) is 0 Å². The van der Waals surface area contributed by atoms with Crippen molar-refractivity contribution in [3.8, 4) is 0 Å². The number of aromatic nitrogens is 2. The van der Waals surface area contributed by atoms with Gasteiger partial charge in [-0.2, -0.15) is 0 Å². The van der Waals surface area contributed by atoms with Crippen LogP contribution in [-0.2, 0) is 20.6 Å². The Balaban J connectivity index is 2.20. The molecule has 1 aromatic carbocycles. The van der Waals surface area contributed by atoms with Crippen molar-refractivity contribution in [1.29, 1.82) is 0 Å². The first-order valence-electron chi connectivity index (χ1n) is 6.96. The van der Waals surface area contributed by atoms with Crippen molar-refractivity contribution >= 4 is 0 Å². The quantitative estimate of drug-likeness (QED) is 0.920. The normalized spacial score (nSPS) is 12.4. The van der Waals surface area contributed by atoms with Gasteiger partial charge in [-0.3, -0.25) is 9.36 Å². The molecule has 0 aliphatic rings. The molecular weight excluding hydrogens is 266 g/mol. The average molecular weight is 287 g/mol. The Kier molecular flexibility index (Phi) is 4.43. The third-order valence-corrected chi connectivity index (χ3v) is 3.77. The van der Waals surface area contributed by atoms with E-state index >= 15 is 0 Å². The van der Waals surface area contributed by atoms with Crippen molar-refractivity contribution in [2.24, 2.45) is 14.1 Å². The summed E-state index contributed by atoms with van der Waals surface area (Å²) in [7, 11) is 3.15. The van der Waals surface area contributed by atoms with Gasteiger partial charge in [0.15, 0.2) is 0 Å². The molecule has 2 aromatic rings. The van der Waals surface area contributed by atoms with Crippen LogP contribution in [0.15, 0.2) is 40.1 Å². The Morgan fingerprint density at radius 3 is 2.52 bits per heavy atom. The predicted molar refractivity (Wildman–Crippen MR) is 83.4 cm³/mol. The van der Waals surface area contributed by atoms with Gasteiger partial charge in [0.05, 0.1) is 0 Å². The van der Waals surface area contributed by atoms with E-state index in [9.17, 15) is 9.59 Å². The fourth-order valence-corrected chi connectivity index (χ4v) is 2.45. The Hall–Kier alpha value is -2.14. The molecule has 5 nitrogen and oxygen atoms in total. The summed E-state index contributed by atoms with van der Waals surface area (Å²) < 4.78 is 2.56. The van der Waals surface area contributed by atoms with Gasteiger partial charge >= 0.3 is 5.69 Å². The molecule has 0 fully saturated rings. The van der Waals surface area contributed by atoms with Crippen LogP contribution in [0.1, 0.15) is 29.7 Å². The van der Waals surface area contributed by atoms with E-state index in [-0.39, 0.29) is 17.3 Å². The van der Waals surface area contributed by atoms with E-state index < -0.39 is 0 Å². The topological polar surface area (TPSA) is 56.0 Å². The lowest BCUT2D eigenvalue weighted by Gasteiger charge is -2.16. The van der Waals surface area contributed by atoms with Crippen molar-refractivity contribution in [2.75, 3.05) is 0 Å². The van der Waals surface area contributed by atoms with Gasteiger partial charge in [-0.25, -0.2) is 4.79 Å². The Morgan fingerprint density at radius 1 is 1.19 bits per heavy atom. The number of hydrogen-bond acceptors (Lipinski definition) is 3. The van der Waals surface area contributed by atoms with Crippen LogP contribution in [0.5, 0.6) is 0 Å². The molecule has 0 saturated heterocycles. The fraction of sp³-hybridized carbons (Fsp3) is 0.375. The first kappa shape index (κ1) is 15.3. The molecule has 0 bridgehead atoms. The summed E-state index contributed by atoms with van der Waals surface area (Å²) in [5.41, 5.74) is 2.45. The highest BCUT2D eigenvalue weighted by molar-refractivity contribution is 5.28. The lowest BCUT2D eigenvalue weighted by atomic mass is 10.0. The van der Waals surface area contributed by atoms with Gasteiger partial charge in [-0.05, 0) is 25.0 Å². The largest absolute Gasteiger partial charge is 0.330 e. The van der Waals surface area contributed by atoms with E-state index in [0.29, 0.717) is 12.1 Å². The molecule has 5 heteroatoms. The molecule has 0 saturated carbocycles. The minimum Gasteiger partial charge on any atom is -0.306 e. The third kappa shape index (κ3) is 3.13. The predicted octanol–water partition coefficient (Wildman–Crippen LogP) is 1.24. The monoisotopic (exact) mass is 287 g/mol. The standard InChI is InChI=1S/C16H21N3O2/c1-11-7-5-6-8-14(11)12(2)17-9-13-10-18(3)16(21)19(4)15(13)20/h5-8,10,12,17H,9H2,1-4H3/t12-/m1/s1. The van der Waals surface area contributed by atoms with Crippen molar-refractivity contribution in [3.05, 3.63) is 68.0 Å². The first-order valence-corrected chi connectivity index (χ1v) is 6.96. The van der Waals surface area contributed by atoms with Crippen LogP contribution in [-0.4, -0.2) is 9.13 Å². The number of rotatable bonds is 4. The zero-order chi connectivity index (χ0) is 15.6. The van der Waals surface area contributed by atoms with Crippen LogP contribution in [0.2, 0.25) is 0 Å². The molecule has 1 aromatic heterocycles. The maximum absolute atomic E-state index is 12.1. The van der Waals surface area contributed by atoms with Gasteiger partial charge in [-0.15, -0.1) is 0 Å². The second-order valence-electron chi connectivity index (χ2n) is 5.37. The van der Waals surface area contributed by atoms with Gasteiger partial charge in [0.25, 0.3) is 5.56 Å². The SMILES string of the molecule is Cc1ccccc1[C@@H](C)NCc1cn(C)c(=O)n(C)c1=O. The van der Waals surface area contributed by atoms with Crippen molar-refractivity contribution in [3.63, 3.8) is 0 Å². The van der Waals surface area contributed by atoms with E-state index in [0.717, 1.165) is 4.57 Å².